The monoisotopic (exact) mass is 292 g/mol. The summed E-state index contributed by atoms with van der Waals surface area (Å²) in [4.78, 5) is 0.227. The van der Waals surface area contributed by atoms with Crippen molar-refractivity contribution in [3.63, 3.8) is 0 Å². The van der Waals surface area contributed by atoms with Crippen LogP contribution in [0.5, 0.6) is 0 Å². The molecule has 0 fully saturated rings. The van der Waals surface area contributed by atoms with E-state index in [4.69, 9.17) is 0 Å². The Kier molecular flexibility index (Phi) is 3.95. The van der Waals surface area contributed by atoms with Crippen molar-refractivity contribution in [2.45, 2.75) is 18.2 Å². The minimum absolute atomic E-state index is 0.191. The van der Waals surface area contributed by atoms with Gasteiger partial charge in [0.2, 0.25) is 0 Å². The summed E-state index contributed by atoms with van der Waals surface area (Å²) in [6.07, 6.45) is 0.910. The van der Waals surface area contributed by atoms with E-state index in [2.05, 4.69) is 47.1 Å². The minimum atomic E-state index is -0.191. The maximum Gasteiger partial charge on any atom is 0.123 e. The van der Waals surface area contributed by atoms with Gasteiger partial charge in [0.05, 0.1) is 0 Å². The maximum absolute atomic E-state index is 12.8. The molecule has 0 radical (unpaired) electrons. The van der Waals surface area contributed by atoms with E-state index in [-0.39, 0.29) is 10.6 Å². The fraction of sp³-hybridized carbons (Fsp3) is 0.200. The molecule has 0 saturated carbocycles. The number of hydrogen-bond acceptors (Lipinski definition) is 0. The maximum atomic E-state index is 12.8. The van der Waals surface area contributed by atoms with Crippen LogP contribution in [0.3, 0.4) is 0 Å². The third-order valence-corrected chi connectivity index (χ3v) is 3.58. The Hall–Kier alpha value is -1.15. The number of hydrogen-bond donors (Lipinski definition) is 0. The van der Waals surface area contributed by atoms with Gasteiger partial charge in [-0.3, -0.25) is 0 Å². The summed E-state index contributed by atoms with van der Waals surface area (Å²) in [6.45, 7) is 2.09. The van der Waals surface area contributed by atoms with Gasteiger partial charge in [-0.1, -0.05) is 57.9 Å². The summed E-state index contributed by atoms with van der Waals surface area (Å²) >= 11 is 3.65. The molecule has 0 saturated heterocycles. The van der Waals surface area contributed by atoms with E-state index in [1.54, 1.807) is 0 Å². The summed E-state index contributed by atoms with van der Waals surface area (Å²) < 4.78 is 12.8. The number of rotatable bonds is 3. The molecule has 1 unspecified atom stereocenters. The molecule has 2 aromatic carbocycles. The van der Waals surface area contributed by atoms with Gasteiger partial charge in [0.25, 0.3) is 0 Å². The van der Waals surface area contributed by atoms with Crippen LogP contribution in [0.1, 0.15) is 21.5 Å². The number of alkyl halides is 1. The van der Waals surface area contributed by atoms with Gasteiger partial charge >= 0.3 is 0 Å². The van der Waals surface area contributed by atoms with Crippen LogP contribution < -0.4 is 0 Å². The average molecular weight is 293 g/mol. The van der Waals surface area contributed by atoms with Crippen LogP contribution in [-0.2, 0) is 6.42 Å². The van der Waals surface area contributed by atoms with Crippen LogP contribution in [0.15, 0.2) is 48.5 Å². The van der Waals surface area contributed by atoms with Gasteiger partial charge in [-0.25, -0.2) is 4.39 Å². The second kappa shape index (κ2) is 5.46. The quantitative estimate of drug-likeness (QED) is 0.712. The third-order valence-electron chi connectivity index (χ3n) is 2.73. The van der Waals surface area contributed by atoms with Crippen LogP contribution in [-0.4, -0.2) is 0 Å². The van der Waals surface area contributed by atoms with E-state index in [9.17, 15) is 4.39 Å². The molecule has 0 aliphatic heterocycles. The Morgan fingerprint density at radius 1 is 1.12 bits per heavy atom. The lowest BCUT2D eigenvalue weighted by atomic mass is 10.0. The molecular formula is C15H14BrF. The van der Waals surface area contributed by atoms with Crippen LogP contribution in [0.4, 0.5) is 4.39 Å². The van der Waals surface area contributed by atoms with Crippen molar-refractivity contribution < 1.29 is 4.39 Å². The largest absolute Gasteiger partial charge is 0.207 e. The Balaban J connectivity index is 2.11. The fourth-order valence-corrected chi connectivity index (χ4v) is 2.51. The zero-order valence-corrected chi connectivity index (χ0v) is 11.2. The lowest BCUT2D eigenvalue weighted by molar-refractivity contribution is 0.627. The standard InChI is InChI=1S/C15H14BrF/c1-11-3-2-4-12(9-11)10-15(16)13-5-7-14(17)8-6-13/h2-9,15H,10H2,1H3. The van der Waals surface area contributed by atoms with Crippen LogP contribution in [0, 0.1) is 12.7 Å². The van der Waals surface area contributed by atoms with Gasteiger partial charge < -0.3 is 0 Å². The lowest BCUT2D eigenvalue weighted by Crippen LogP contribution is -1.95. The van der Waals surface area contributed by atoms with E-state index >= 15 is 0 Å². The van der Waals surface area contributed by atoms with Gasteiger partial charge in [-0.2, -0.15) is 0 Å². The summed E-state index contributed by atoms with van der Waals surface area (Å²) in [6, 6.07) is 15.1. The highest BCUT2D eigenvalue weighted by atomic mass is 79.9. The van der Waals surface area contributed by atoms with Crippen molar-refractivity contribution in [2.75, 3.05) is 0 Å². The van der Waals surface area contributed by atoms with E-state index in [1.807, 2.05) is 12.1 Å². The topological polar surface area (TPSA) is 0 Å². The summed E-state index contributed by atoms with van der Waals surface area (Å²) in [7, 11) is 0. The van der Waals surface area contributed by atoms with Crippen LogP contribution >= 0.6 is 15.9 Å². The normalized spacial score (nSPS) is 12.4. The molecule has 0 amide bonds. The SMILES string of the molecule is Cc1cccc(CC(Br)c2ccc(F)cc2)c1. The highest BCUT2D eigenvalue weighted by Gasteiger charge is 2.08. The van der Waals surface area contributed by atoms with Gasteiger partial charge in [0.1, 0.15) is 5.82 Å². The van der Waals surface area contributed by atoms with E-state index < -0.39 is 0 Å². The van der Waals surface area contributed by atoms with Crippen LogP contribution in [0.2, 0.25) is 0 Å². The van der Waals surface area contributed by atoms with Gasteiger partial charge in [-0.05, 0) is 36.6 Å². The fourth-order valence-electron chi connectivity index (χ4n) is 1.84. The van der Waals surface area contributed by atoms with E-state index in [1.165, 1.54) is 23.3 Å². The molecule has 0 N–H and O–H groups in total. The molecule has 2 aromatic rings. The van der Waals surface area contributed by atoms with E-state index in [0.29, 0.717) is 0 Å². The summed E-state index contributed by atoms with van der Waals surface area (Å²) in [5.74, 6) is -0.191. The first kappa shape index (κ1) is 12.3. The molecule has 0 spiro atoms. The number of aryl methyl sites for hydroxylation is 1. The lowest BCUT2D eigenvalue weighted by Gasteiger charge is -2.10. The molecule has 1 atom stereocenters. The Bertz CT molecular complexity index is 491. The Labute approximate surface area is 110 Å². The van der Waals surface area contributed by atoms with Crippen molar-refractivity contribution >= 4 is 15.9 Å². The second-order valence-electron chi connectivity index (χ2n) is 4.21. The molecule has 0 aliphatic rings. The zero-order valence-electron chi connectivity index (χ0n) is 9.66. The van der Waals surface area contributed by atoms with Crippen molar-refractivity contribution in [2.24, 2.45) is 0 Å². The van der Waals surface area contributed by atoms with Crippen molar-refractivity contribution in [1.82, 2.24) is 0 Å². The smallest absolute Gasteiger partial charge is 0.123 e. The Morgan fingerprint density at radius 2 is 1.82 bits per heavy atom. The molecule has 0 nitrogen and oxygen atoms in total. The predicted octanol–water partition coefficient (Wildman–Crippen LogP) is 4.81. The molecule has 0 heterocycles. The first-order valence-corrected chi connectivity index (χ1v) is 6.52. The summed E-state index contributed by atoms with van der Waals surface area (Å²) in [5.41, 5.74) is 3.66. The molecular weight excluding hydrogens is 279 g/mol. The molecule has 17 heavy (non-hydrogen) atoms. The summed E-state index contributed by atoms with van der Waals surface area (Å²) in [5, 5.41) is 0. The second-order valence-corrected chi connectivity index (χ2v) is 5.32. The van der Waals surface area contributed by atoms with Gasteiger partial charge in [0.15, 0.2) is 0 Å². The first-order valence-electron chi connectivity index (χ1n) is 5.60. The number of benzene rings is 2. The van der Waals surface area contributed by atoms with Crippen LogP contribution in [0.25, 0.3) is 0 Å². The molecule has 0 aliphatic carbocycles. The molecule has 0 aromatic heterocycles. The van der Waals surface area contributed by atoms with Crippen molar-refractivity contribution in [3.05, 3.63) is 71.0 Å². The van der Waals surface area contributed by atoms with Gasteiger partial charge in [0, 0.05) is 4.83 Å². The third kappa shape index (κ3) is 3.40. The highest BCUT2D eigenvalue weighted by Crippen LogP contribution is 2.27. The minimum Gasteiger partial charge on any atom is -0.207 e. The number of halogens is 2. The highest BCUT2D eigenvalue weighted by molar-refractivity contribution is 9.09. The van der Waals surface area contributed by atoms with E-state index in [0.717, 1.165) is 12.0 Å². The average Bonchev–Trinajstić information content (AvgIpc) is 2.29. The molecule has 2 rings (SSSR count). The van der Waals surface area contributed by atoms with Gasteiger partial charge in [-0.15, -0.1) is 0 Å². The Morgan fingerprint density at radius 3 is 2.47 bits per heavy atom. The molecule has 88 valence electrons. The first-order chi connectivity index (χ1) is 8.15. The predicted molar refractivity (Wildman–Crippen MR) is 73.0 cm³/mol. The molecule has 0 bridgehead atoms. The molecule has 2 heteroatoms. The van der Waals surface area contributed by atoms with Crippen molar-refractivity contribution in [1.29, 1.82) is 0 Å². The van der Waals surface area contributed by atoms with Crippen molar-refractivity contribution in [3.8, 4) is 0 Å². The zero-order chi connectivity index (χ0) is 12.3.